The summed E-state index contributed by atoms with van der Waals surface area (Å²) in [7, 11) is 0. The fraction of sp³-hybridized carbons (Fsp3) is 0.324. The van der Waals surface area contributed by atoms with Crippen molar-refractivity contribution < 1.29 is 62.4 Å². The molecule has 0 radical (unpaired) electrons. The molecule has 1 saturated carbocycles. The number of nitrogens with one attached hydrogen (secondary N) is 5. The van der Waals surface area contributed by atoms with Crippen molar-refractivity contribution in [2.75, 3.05) is 26.6 Å². The maximum atomic E-state index is 13.1. The van der Waals surface area contributed by atoms with Gasteiger partial charge in [-0.1, -0.05) is 41.5 Å². The normalized spacial score (nSPS) is 12.1. The summed E-state index contributed by atoms with van der Waals surface area (Å²) in [4.78, 5) is 65.0. The molecule has 16 rings (SSSR count). The molecule has 30 nitrogen and oxygen atoms in total. The smallest absolute Gasteiger partial charge is 0.433 e. The summed E-state index contributed by atoms with van der Waals surface area (Å²) < 4.78 is 69.4. The van der Waals surface area contributed by atoms with Gasteiger partial charge in [-0.3, -0.25) is 44.9 Å². The van der Waals surface area contributed by atoms with Crippen LogP contribution in [0.3, 0.4) is 0 Å². The van der Waals surface area contributed by atoms with Crippen LogP contribution < -0.4 is 50.3 Å². The fourth-order valence-electron chi connectivity index (χ4n) is 14.1. The van der Waals surface area contributed by atoms with E-state index in [4.69, 9.17) is 23.7 Å². The Kier molecular flexibility index (Phi) is 35.9. The maximum Gasteiger partial charge on any atom is 0.433 e. The van der Waals surface area contributed by atoms with Crippen molar-refractivity contribution in [1.29, 1.82) is 0 Å². The number of nitrogens with zero attached hydrogens (tertiary/aromatic N) is 15. The topological polar surface area (TPSA) is 401 Å². The number of aliphatic hydroxyl groups is 5. The Morgan fingerprint density at radius 3 is 0.819 bits per heavy atom. The Bertz CT molecular complexity index is 6610. The van der Waals surface area contributed by atoms with Crippen LogP contribution in [0.5, 0.6) is 57.5 Å². The predicted octanol–water partition coefficient (Wildman–Crippen LogP) is 24.9. The van der Waals surface area contributed by atoms with Crippen LogP contribution in [0.15, 0.2) is 244 Å². The Labute approximate surface area is 838 Å². The molecule has 33 heteroatoms. The minimum Gasteiger partial charge on any atom is -0.455 e. The van der Waals surface area contributed by atoms with Gasteiger partial charge in [-0.15, -0.1) is 0 Å². The largest absolute Gasteiger partial charge is 0.455 e. The first-order valence-corrected chi connectivity index (χ1v) is 47.6. The van der Waals surface area contributed by atoms with Crippen LogP contribution in [-0.2, 0) is 66.3 Å². The molecule has 15 aromatic heterocycles. The molecule has 144 heavy (non-hydrogen) atoms. The van der Waals surface area contributed by atoms with Crippen molar-refractivity contribution in [3.8, 4) is 57.5 Å². The minimum atomic E-state index is -4.52. The number of ether oxygens (including phenoxy) is 5. The number of aromatic nitrogens is 15. The SMILES string of the molecule is CC(C)Cc1nc(C(F)(F)F)ccc1Oc1ccnc(Nc2ccnc(C(C)(C)O)c2)c1.CCc1nc(C)ccc1Oc1ccnc(Nc2ccc(C(C)(C)O)nc2)c1.CCc1nc(C)ccc1Oc1ccnc(Nc2ccnc(C(C)(C)O)c2)c1.Cc1ccc(Oc2ccnc(Nc3ccc(C(C)(C)O)nc3)c2)c(CC(C)C)n1.Cc1ccc(Oc2ccnc(Nc3ccc(C(C)(C)O)nc3)c2)c(CC2CC2)n1. The molecule has 0 aliphatic heterocycles. The third-order valence-corrected chi connectivity index (χ3v) is 21.7. The molecule has 752 valence electrons. The molecule has 0 aromatic carbocycles. The second-order valence-electron chi connectivity index (χ2n) is 38.2. The van der Waals surface area contributed by atoms with Crippen LogP contribution in [0.25, 0.3) is 0 Å². The lowest BCUT2D eigenvalue weighted by molar-refractivity contribution is -0.141. The number of rotatable bonds is 33. The molecule has 15 heterocycles. The number of hydrogen-bond acceptors (Lipinski definition) is 30. The zero-order valence-electron chi connectivity index (χ0n) is 84.9. The number of aryl methyl sites for hydroxylation is 6. The molecule has 1 aliphatic carbocycles. The quantitative estimate of drug-likeness (QED) is 0.0183. The average Bonchev–Trinajstić information content (AvgIpc) is 0.893. The van der Waals surface area contributed by atoms with E-state index in [1.54, 1.807) is 186 Å². The summed E-state index contributed by atoms with van der Waals surface area (Å²) in [6, 6.07) is 53.7. The Morgan fingerprint density at radius 2 is 0.549 bits per heavy atom. The molecule has 0 amide bonds. The predicted molar refractivity (Wildman–Crippen MR) is 553 cm³/mol. The van der Waals surface area contributed by atoms with E-state index in [1.807, 2.05) is 151 Å². The molecule has 1 aliphatic rings. The standard InChI is InChI=1S/C23H25F3N4O2.C23H26N4O2.C23H28N4O2.2C21H24N4O2/c1-14(2)11-17-18(5-6-19(30-17)23(24,25)26)32-16-8-10-28-21(13-16)29-15-7-9-27-20(12-15)22(3,4)31;1-15-4-8-20(19(26-15)12-16-5-6-16)29-18-10-11-24-22(13-18)27-17-7-9-21(25-14-17)23(2,3)28;1-15(2)12-19-20(8-6-16(3)26-19)29-18-10-11-24-22(13-18)27-17-7-9-21(25-14-17)23(4,5)28;1-5-17-18(8-6-14(2)24-17)27-16-10-11-22-20(12-16)25-15-7-9-19(23-13-15)21(3,4)26;1-5-17-18(7-6-14(2)24-17)27-16-9-11-23-20(13-16)25-15-8-10-22-19(12-15)21(3,4)26/h5-10,12-14,31H,11H2,1-4H3,(H,27,28,29);4,7-11,13-14,16,28H,5-6,12H2,1-3H3,(H,24,27);6-11,13-15,28H,12H2,1-5H3,(H,24,27);6-13,26H,5H2,1-4H3,(H,22,25);6-13,26H,5H2,1-4H3,(H,22,23,25). The number of hydrogen-bond donors (Lipinski definition) is 10. The number of anilines is 10. The van der Waals surface area contributed by atoms with Crippen LogP contribution in [0.2, 0.25) is 0 Å². The van der Waals surface area contributed by atoms with Gasteiger partial charge in [-0.05, 0) is 311 Å². The molecule has 15 aromatic rings. The van der Waals surface area contributed by atoms with Crippen molar-refractivity contribution in [1.82, 2.24) is 74.8 Å². The van der Waals surface area contributed by atoms with Crippen molar-refractivity contribution in [2.45, 2.75) is 218 Å². The van der Waals surface area contributed by atoms with E-state index >= 15 is 0 Å². The van der Waals surface area contributed by atoms with Gasteiger partial charge in [0, 0.05) is 108 Å². The highest BCUT2D eigenvalue weighted by atomic mass is 19.4. The molecule has 1 fully saturated rings. The third kappa shape index (κ3) is 33.5. The molecule has 0 unspecified atom stereocenters. The first-order chi connectivity index (χ1) is 68.2. The molecular weight excluding hydrogens is 1830 g/mol. The van der Waals surface area contributed by atoms with Crippen LogP contribution >= 0.6 is 0 Å². The van der Waals surface area contributed by atoms with Crippen LogP contribution in [0.1, 0.15) is 209 Å². The van der Waals surface area contributed by atoms with E-state index in [0.29, 0.717) is 104 Å². The maximum absolute atomic E-state index is 13.1. The zero-order chi connectivity index (χ0) is 104. The highest BCUT2D eigenvalue weighted by molar-refractivity contribution is 5.63. The summed E-state index contributed by atoms with van der Waals surface area (Å²) in [6.07, 6.45) is 18.3. The number of pyridine rings is 15. The van der Waals surface area contributed by atoms with Gasteiger partial charge in [0.1, 0.15) is 120 Å². The van der Waals surface area contributed by atoms with E-state index < -0.39 is 39.9 Å². The summed E-state index contributed by atoms with van der Waals surface area (Å²) in [6.45, 7) is 37.1. The first-order valence-electron chi connectivity index (χ1n) is 47.6. The lowest BCUT2D eigenvalue weighted by Crippen LogP contribution is -2.17. The van der Waals surface area contributed by atoms with Crippen molar-refractivity contribution in [3.05, 3.63) is 329 Å². The van der Waals surface area contributed by atoms with Crippen LogP contribution in [0, 0.1) is 45.4 Å². The van der Waals surface area contributed by atoms with Gasteiger partial charge in [0.2, 0.25) is 0 Å². The molecule has 0 spiro atoms. The summed E-state index contributed by atoms with van der Waals surface area (Å²) in [5.41, 5.74) is 8.72. The molecular formula is C111H127F3N20O10. The molecule has 10 N–H and O–H groups in total. The lowest BCUT2D eigenvalue weighted by Gasteiger charge is -2.17. The Balaban J connectivity index is 0.000000161. The number of alkyl halides is 3. The second-order valence-corrected chi connectivity index (χ2v) is 38.2. The van der Waals surface area contributed by atoms with E-state index in [9.17, 15) is 38.7 Å². The van der Waals surface area contributed by atoms with Gasteiger partial charge in [0.15, 0.2) is 0 Å². The van der Waals surface area contributed by atoms with Gasteiger partial charge < -0.3 is 75.8 Å². The van der Waals surface area contributed by atoms with E-state index in [1.165, 1.54) is 25.1 Å². The van der Waals surface area contributed by atoms with Crippen LogP contribution in [-0.4, -0.2) is 100 Å². The van der Waals surface area contributed by atoms with Gasteiger partial charge in [-0.25, -0.2) is 29.9 Å². The average molecular weight is 1960 g/mol. The number of halogens is 3. The first kappa shape index (κ1) is 108. The Hall–Kier alpha value is -15.2. The lowest BCUT2D eigenvalue weighted by atomic mass is 10.0. The minimum absolute atomic E-state index is 0.0969. The second kappa shape index (κ2) is 48.1. The Morgan fingerprint density at radius 1 is 0.292 bits per heavy atom. The fourth-order valence-corrected chi connectivity index (χ4v) is 14.1. The van der Waals surface area contributed by atoms with Crippen molar-refractivity contribution in [3.63, 3.8) is 0 Å². The van der Waals surface area contributed by atoms with Crippen molar-refractivity contribution >= 4 is 57.5 Å². The molecule has 0 saturated heterocycles. The highest BCUT2D eigenvalue weighted by Crippen LogP contribution is 2.40. The highest BCUT2D eigenvalue weighted by Gasteiger charge is 2.34. The monoisotopic (exact) mass is 1960 g/mol. The van der Waals surface area contributed by atoms with Gasteiger partial charge in [-0.2, -0.15) is 13.2 Å². The summed E-state index contributed by atoms with van der Waals surface area (Å²) in [5.74, 6) is 10.8. The van der Waals surface area contributed by atoms with E-state index in [-0.39, 0.29) is 17.4 Å². The van der Waals surface area contributed by atoms with Gasteiger partial charge in [0.05, 0.1) is 92.6 Å². The van der Waals surface area contributed by atoms with Gasteiger partial charge in [0.25, 0.3) is 0 Å². The molecule has 0 bridgehead atoms. The summed E-state index contributed by atoms with van der Waals surface area (Å²) >= 11 is 0. The molecule has 0 atom stereocenters. The summed E-state index contributed by atoms with van der Waals surface area (Å²) in [5, 5.41) is 66.3. The van der Waals surface area contributed by atoms with Crippen molar-refractivity contribution in [2.24, 2.45) is 17.8 Å². The third-order valence-electron chi connectivity index (χ3n) is 21.7. The van der Waals surface area contributed by atoms with E-state index in [0.717, 1.165) is 129 Å². The zero-order valence-corrected chi connectivity index (χ0v) is 84.9. The van der Waals surface area contributed by atoms with Gasteiger partial charge >= 0.3 is 6.18 Å². The van der Waals surface area contributed by atoms with Crippen LogP contribution in [0.4, 0.5) is 70.7 Å². The van der Waals surface area contributed by atoms with E-state index in [2.05, 4.69) is 129 Å².